The lowest BCUT2D eigenvalue weighted by Crippen LogP contribution is -2.57. The van der Waals surface area contributed by atoms with E-state index < -0.39 is 16.7 Å². The van der Waals surface area contributed by atoms with Crippen LogP contribution in [0.25, 0.3) is 0 Å². The summed E-state index contributed by atoms with van der Waals surface area (Å²) < 4.78 is -0.421. The van der Waals surface area contributed by atoms with E-state index in [9.17, 15) is 19.6 Å². The maximum Gasteiger partial charge on any atom is 0.246 e. The third-order valence-corrected chi connectivity index (χ3v) is 5.93. The number of nitrogens with one attached hydrogen (secondary N) is 1. The Kier molecular flexibility index (Phi) is 8.71. The van der Waals surface area contributed by atoms with Crippen LogP contribution in [0.4, 0.5) is 0 Å². The second-order valence-corrected chi connectivity index (χ2v) is 8.63. The van der Waals surface area contributed by atoms with E-state index in [2.05, 4.69) is 5.32 Å². The molecule has 1 heterocycles. The molecule has 8 heteroatoms. The zero-order valence-electron chi connectivity index (χ0n) is 15.7. The molecule has 1 rings (SSSR count). The molecule has 1 fully saturated rings. The van der Waals surface area contributed by atoms with Gasteiger partial charge in [-0.25, -0.2) is 5.06 Å². The Morgan fingerprint density at radius 3 is 2.76 bits per heavy atom. The first-order chi connectivity index (χ1) is 11.8. The third kappa shape index (κ3) is 6.18. The number of thioether (sulfide) groups is 1. The molecule has 144 valence electrons. The van der Waals surface area contributed by atoms with Crippen LogP contribution in [-0.4, -0.2) is 69.6 Å². The first-order valence-corrected chi connectivity index (χ1v) is 9.89. The third-order valence-electron chi connectivity index (χ3n) is 4.56. The minimum atomic E-state index is -0.625. The van der Waals surface area contributed by atoms with Gasteiger partial charge >= 0.3 is 0 Å². The summed E-state index contributed by atoms with van der Waals surface area (Å²) in [5, 5.41) is 12.9. The van der Waals surface area contributed by atoms with Gasteiger partial charge in [0.25, 0.3) is 0 Å². The average Bonchev–Trinajstić information content (AvgIpc) is 2.68. The van der Waals surface area contributed by atoms with Crippen molar-refractivity contribution in [2.75, 3.05) is 25.4 Å². The van der Waals surface area contributed by atoms with E-state index in [0.717, 1.165) is 18.6 Å². The maximum absolute atomic E-state index is 12.8. The van der Waals surface area contributed by atoms with E-state index >= 15 is 0 Å². The van der Waals surface area contributed by atoms with Gasteiger partial charge in [0.15, 0.2) is 0 Å². The van der Waals surface area contributed by atoms with E-state index in [1.165, 1.54) is 0 Å². The van der Waals surface area contributed by atoms with Crippen LogP contribution >= 0.6 is 11.8 Å². The van der Waals surface area contributed by atoms with Gasteiger partial charge in [-0.15, -0.1) is 0 Å². The van der Waals surface area contributed by atoms with Gasteiger partial charge < -0.3 is 10.2 Å². The maximum atomic E-state index is 12.8. The van der Waals surface area contributed by atoms with E-state index in [0.29, 0.717) is 31.0 Å². The fraction of sp³-hybridized carbons (Fsp3) is 0.824. The number of amides is 3. The van der Waals surface area contributed by atoms with Gasteiger partial charge in [-0.05, 0) is 27.2 Å². The summed E-state index contributed by atoms with van der Waals surface area (Å²) in [6.07, 6.45) is 2.56. The molecule has 0 bridgehead atoms. The second-order valence-electron chi connectivity index (χ2n) is 6.88. The second kappa shape index (κ2) is 10.0. The molecule has 0 aliphatic carbocycles. The van der Waals surface area contributed by atoms with Crippen LogP contribution in [0.3, 0.4) is 0 Å². The predicted octanol–water partition coefficient (Wildman–Crippen LogP) is 1.50. The Balaban J connectivity index is 2.92. The summed E-state index contributed by atoms with van der Waals surface area (Å²) in [6.45, 7) is 9.08. The van der Waals surface area contributed by atoms with Crippen LogP contribution < -0.4 is 5.32 Å². The highest BCUT2D eigenvalue weighted by atomic mass is 32.2. The highest BCUT2D eigenvalue weighted by Gasteiger charge is 2.42. The Morgan fingerprint density at radius 1 is 1.52 bits per heavy atom. The first kappa shape index (κ1) is 21.8. The molecule has 0 radical (unpaired) electrons. The predicted molar refractivity (Wildman–Crippen MR) is 98.3 cm³/mol. The van der Waals surface area contributed by atoms with Crippen molar-refractivity contribution in [3.63, 3.8) is 0 Å². The van der Waals surface area contributed by atoms with E-state index in [1.54, 1.807) is 16.7 Å². The Morgan fingerprint density at radius 2 is 2.20 bits per heavy atom. The number of unbranched alkanes of at least 4 members (excludes halogenated alkanes) is 1. The van der Waals surface area contributed by atoms with Crippen LogP contribution in [0.1, 0.15) is 47.0 Å². The molecule has 0 aromatic heterocycles. The van der Waals surface area contributed by atoms with Crippen molar-refractivity contribution in [2.24, 2.45) is 5.92 Å². The van der Waals surface area contributed by atoms with E-state index in [-0.39, 0.29) is 18.4 Å². The molecule has 25 heavy (non-hydrogen) atoms. The normalized spacial score (nSPS) is 21.4. The van der Waals surface area contributed by atoms with E-state index in [1.807, 2.05) is 27.7 Å². The zero-order chi connectivity index (χ0) is 19.0. The lowest BCUT2D eigenvalue weighted by molar-refractivity contribution is -0.155. The van der Waals surface area contributed by atoms with Crippen LogP contribution in [0.15, 0.2) is 0 Å². The van der Waals surface area contributed by atoms with Gasteiger partial charge in [0.1, 0.15) is 6.04 Å². The molecule has 0 aromatic rings. The smallest absolute Gasteiger partial charge is 0.246 e. The average molecular weight is 374 g/mol. The van der Waals surface area contributed by atoms with Crippen LogP contribution in [-0.2, 0) is 14.4 Å². The Hall–Kier alpha value is -1.28. The molecule has 0 unspecified atom stereocenters. The Labute approximate surface area is 154 Å². The fourth-order valence-electron chi connectivity index (χ4n) is 2.93. The van der Waals surface area contributed by atoms with Crippen LogP contribution in [0, 0.1) is 5.92 Å². The summed E-state index contributed by atoms with van der Waals surface area (Å²) in [5.41, 5.74) is 0. The van der Waals surface area contributed by atoms with Gasteiger partial charge in [-0.2, -0.15) is 11.8 Å². The number of nitrogens with zero attached hydrogens (tertiary/aromatic N) is 2. The fourth-order valence-corrected chi connectivity index (χ4v) is 4.09. The first-order valence-electron chi connectivity index (χ1n) is 8.90. The monoisotopic (exact) mass is 373 g/mol. The zero-order valence-corrected chi connectivity index (χ0v) is 16.5. The molecule has 1 aliphatic rings. The summed E-state index contributed by atoms with van der Waals surface area (Å²) in [4.78, 5) is 38.0. The minimum absolute atomic E-state index is 0.0681. The highest BCUT2D eigenvalue weighted by molar-refractivity contribution is 8.00. The molecule has 0 spiro atoms. The number of hydroxylamine groups is 2. The number of carbonyl (C=O) groups excluding carboxylic acids is 3. The summed E-state index contributed by atoms with van der Waals surface area (Å²) in [6, 6.07) is -0.625. The van der Waals surface area contributed by atoms with Gasteiger partial charge in [0.05, 0.1) is 12.5 Å². The number of carbonyl (C=O) groups is 3. The van der Waals surface area contributed by atoms with Crippen LogP contribution in [0.2, 0.25) is 0 Å². The van der Waals surface area contributed by atoms with Crippen molar-refractivity contribution < 1.29 is 19.6 Å². The molecule has 1 saturated heterocycles. The largest absolute Gasteiger partial charge is 0.343 e. The number of likely N-dealkylation sites (N-methyl/N-ethyl adjacent to an activating group) is 1. The molecule has 2 N–H and O–H groups in total. The van der Waals surface area contributed by atoms with Crippen molar-refractivity contribution in [2.45, 2.75) is 57.7 Å². The molecule has 3 amide bonds. The SMILES string of the molecule is CCCC[C@@H](CN(O)C=O)C(=O)N[C@@H]1C(=O)N(CC)CCSC1(C)C. The van der Waals surface area contributed by atoms with Gasteiger partial charge in [-0.3, -0.25) is 19.6 Å². The molecular weight excluding hydrogens is 342 g/mol. The highest BCUT2D eigenvalue weighted by Crippen LogP contribution is 2.32. The summed E-state index contributed by atoms with van der Waals surface area (Å²) >= 11 is 1.67. The lowest BCUT2D eigenvalue weighted by Gasteiger charge is -2.34. The van der Waals surface area contributed by atoms with Crippen molar-refractivity contribution in [1.29, 1.82) is 0 Å². The number of hydrogen-bond acceptors (Lipinski definition) is 5. The molecular formula is C17H31N3O4S. The molecule has 0 saturated carbocycles. The van der Waals surface area contributed by atoms with Crippen molar-refractivity contribution in [1.82, 2.24) is 15.3 Å². The molecule has 0 aromatic carbocycles. The standard InChI is InChI=1S/C17H31N3O4S/c1-5-7-8-13(11-20(24)12-21)15(22)18-14-16(23)19(6-2)9-10-25-17(14,3)4/h12-14,24H,5-11H2,1-4H3,(H,18,22)/t13-,14+/m0/s1. The molecule has 1 aliphatic heterocycles. The van der Waals surface area contributed by atoms with Gasteiger partial charge in [0.2, 0.25) is 18.2 Å². The van der Waals surface area contributed by atoms with E-state index in [4.69, 9.17) is 0 Å². The number of rotatable bonds is 9. The quantitative estimate of drug-likeness (QED) is 0.363. The summed E-state index contributed by atoms with van der Waals surface area (Å²) in [5.74, 6) is -0.0777. The van der Waals surface area contributed by atoms with Crippen molar-refractivity contribution >= 4 is 30.0 Å². The number of hydrogen-bond donors (Lipinski definition) is 2. The topological polar surface area (TPSA) is 90.0 Å². The Bertz CT molecular complexity index is 473. The van der Waals surface area contributed by atoms with Gasteiger partial charge in [0, 0.05) is 23.6 Å². The molecule has 7 nitrogen and oxygen atoms in total. The minimum Gasteiger partial charge on any atom is -0.343 e. The van der Waals surface area contributed by atoms with Gasteiger partial charge in [-0.1, -0.05) is 19.8 Å². The van der Waals surface area contributed by atoms with Crippen LogP contribution in [0.5, 0.6) is 0 Å². The lowest BCUT2D eigenvalue weighted by atomic mass is 9.97. The summed E-state index contributed by atoms with van der Waals surface area (Å²) in [7, 11) is 0. The molecule has 2 atom stereocenters. The van der Waals surface area contributed by atoms with Crippen molar-refractivity contribution in [3.05, 3.63) is 0 Å². The van der Waals surface area contributed by atoms with Crippen molar-refractivity contribution in [3.8, 4) is 0 Å².